The number of carbonyl (C=O) groups is 1. The number of halogens is 1. The van der Waals surface area contributed by atoms with E-state index in [1.54, 1.807) is 31.3 Å². The molecule has 0 aliphatic rings. The van der Waals surface area contributed by atoms with Crippen molar-refractivity contribution in [2.24, 2.45) is 7.05 Å². The predicted octanol–water partition coefficient (Wildman–Crippen LogP) is 1.77. The molecule has 0 aliphatic heterocycles. The van der Waals surface area contributed by atoms with Crippen molar-refractivity contribution in [1.29, 1.82) is 0 Å². The number of hydrogen-bond donors (Lipinski definition) is 1. The fourth-order valence-electron chi connectivity index (χ4n) is 1.63. The van der Waals surface area contributed by atoms with Crippen molar-refractivity contribution >= 4 is 23.5 Å². The molecule has 106 valence electrons. The maximum atomic E-state index is 12.0. The minimum atomic E-state index is -0.461. The van der Waals surface area contributed by atoms with E-state index in [9.17, 15) is 4.79 Å². The third-order valence-electron chi connectivity index (χ3n) is 2.72. The summed E-state index contributed by atoms with van der Waals surface area (Å²) >= 11 is 5.82. The molecule has 0 spiro atoms. The number of hydrogen-bond acceptors (Lipinski definition) is 6. The van der Waals surface area contributed by atoms with Gasteiger partial charge in [0, 0.05) is 23.7 Å². The number of carbonyl (C=O) groups excluding carboxylic acids is 1. The van der Waals surface area contributed by atoms with Crippen LogP contribution in [-0.2, 0) is 7.05 Å². The highest BCUT2D eigenvalue weighted by atomic mass is 35.5. The van der Waals surface area contributed by atoms with Crippen molar-refractivity contribution in [3.05, 3.63) is 41.0 Å². The number of nitrogens with zero attached hydrogens (tertiary/aromatic N) is 5. The van der Waals surface area contributed by atoms with Crippen molar-refractivity contribution in [1.82, 2.24) is 25.4 Å². The van der Waals surface area contributed by atoms with Crippen LogP contribution in [0, 0.1) is 0 Å². The maximum Gasteiger partial charge on any atom is 0.280 e. The lowest BCUT2D eigenvalue weighted by Gasteiger charge is -1.98. The van der Waals surface area contributed by atoms with E-state index in [4.69, 9.17) is 16.1 Å². The van der Waals surface area contributed by atoms with E-state index in [0.29, 0.717) is 10.8 Å². The smallest absolute Gasteiger partial charge is 0.280 e. The molecule has 0 aliphatic carbocycles. The Morgan fingerprint density at radius 2 is 2.10 bits per heavy atom. The van der Waals surface area contributed by atoms with Crippen LogP contribution < -0.4 is 5.32 Å². The number of nitrogens with one attached hydrogen (secondary N) is 1. The van der Waals surface area contributed by atoms with Crippen molar-refractivity contribution in [3.63, 3.8) is 0 Å². The van der Waals surface area contributed by atoms with E-state index in [1.165, 1.54) is 10.7 Å². The van der Waals surface area contributed by atoms with Crippen LogP contribution in [0.2, 0.25) is 5.02 Å². The van der Waals surface area contributed by atoms with Crippen molar-refractivity contribution in [3.8, 4) is 11.3 Å². The molecular formula is C12H9ClN6O2. The third kappa shape index (κ3) is 2.75. The molecule has 0 unspecified atom stereocenters. The Hall–Kier alpha value is -2.74. The number of amides is 1. The average molecular weight is 305 g/mol. The molecule has 0 saturated heterocycles. The van der Waals surface area contributed by atoms with Gasteiger partial charge in [0.05, 0.1) is 0 Å². The van der Waals surface area contributed by atoms with E-state index in [1.807, 2.05) is 0 Å². The highest BCUT2D eigenvalue weighted by Crippen LogP contribution is 2.22. The lowest BCUT2D eigenvalue weighted by molar-refractivity contribution is 0.101. The molecule has 2 aromatic heterocycles. The molecule has 2 heterocycles. The Bertz CT molecular complexity index is 779. The van der Waals surface area contributed by atoms with Crippen LogP contribution >= 0.6 is 11.6 Å². The first-order valence-electron chi connectivity index (χ1n) is 5.90. The molecule has 0 radical (unpaired) electrons. The van der Waals surface area contributed by atoms with Gasteiger partial charge in [-0.15, -0.1) is 0 Å². The summed E-state index contributed by atoms with van der Waals surface area (Å²) in [4.78, 5) is 12.0. The van der Waals surface area contributed by atoms with E-state index in [-0.39, 0.29) is 11.6 Å². The lowest BCUT2D eigenvalue weighted by atomic mass is 10.1. The van der Waals surface area contributed by atoms with Crippen molar-refractivity contribution < 1.29 is 9.32 Å². The number of anilines is 1. The highest BCUT2D eigenvalue weighted by molar-refractivity contribution is 6.30. The molecule has 1 amide bonds. The third-order valence-corrected chi connectivity index (χ3v) is 2.97. The summed E-state index contributed by atoms with van der Waals surface area (Å²) in [6.45, 7) is 0. The Labute approximate surface area is 123 Å². The van der Waals surface area contributed by atoms with Crippen LogP contribution in [0.25, 0.3) is 11.3 Å². The predicted molar refractivity (Wildman–Crippen MR) is 73.7 cm³/mol. The van der Waals surface area contributed by atoms with Crippen molar-refractivity contribution in [2.75, 3.05) is 5.32 Å². The maximum absolute atomic E-state index is 12.0. The number of benzene rings is 1. The number of aromatic nitrogens is 5. The first kappa shape index (κ1) is 13.3. The van der Waals surface area contributed by atoms with Gasteiger partial charge in [-0.3, -0.25) is 10.1 Å². The molecule has 0 fully saturated rings. The number of tetrazole rings is 1. The van der Waals surface area contributed by atoms with Gasteiger partial charge >= 0.3 is 0 Å². The monoisotopic (exact) mass is 304 g/mol. The van der Waals surface area contributed by atoms with Gasteiger partial charge in [0.1, 0.15) is 0 Å². The summed E-state index contributed by atoms with van der Waals surface area (Å²) in [5, 5.41) is 17.6. The fraction of sp³-hybridized carbons (Fsp3) is 0.0833. The van der Waals surface area contributed by atoms with Gasteiger partial charge in [0.25, 0.3) is 5.91 Å². The first-order chi connectivity index (χ1) is 10.1. The van der Waals surface area contributed by atoms with Crippen molar-refractivity contribution in [2.45, 2.75) is 0 Å². The van der Waals surface area contributed by atoms with Crippen LogP contribution in [0.1, 0.15) is 10.5 Å². The molecule has 0 bridgehead atoms. The summed E-state index contributed by atoms with van der Waals surface area (Å²) < 4.78 is 6.48. The van der Waals surface area contributed by atoms with E-state index in [0.717, 1.165) is 5.56 Å². The molecule has 0 saturated carbocycles. The number of aryl methyl sites for hydroxylation is 1. The fourth-order valence-corrected chi connectivity index (χ4v) is 1.76. The Balaban J connectivity index is 1.80. The molecule has 21 heavy (non-hydrogen) atoms. The topological polar surface area (TPSA) is 98.7 Å². The van der Waals surface area contributed by atoms with Gasteiger partial charge in [-0.25, -0.2) is 4.68 Å². The Morgan fingerprint density at radius 1 is 1.33 bits per heavy atom. The van der Waals surface area contributed by atoms with Crippen LogP contribution in [0.5, 0.6) is 0 Å². The quantitative estimate of drug-likeness (QED) is 0.791. The molecule has 9 heteroatoms. The summed E-state index contributed by atoms with van der Waals surface area (Å²) in [6, 6.07) is 8.53. The van der Waals surface area contributed by atoms with Gasteiger partial charge in [0.15, 0.2) is 11.5 Å². The van der Waals surface area contributed by atoms with Gasteiger partial charge in [-0.1, -0.05) is 21.9 Å². The zero-order valence-corrected chi connectivity index (χ0v) is 11.6. The van der Waals surface area contributed by atoms with Gasteiger partial charge in [0.2, 0.25) is 5.95 Å². The second kappa shape index (κ2) is 5.33. The normalized spacial score (nSPS) is 10.6. The summed E-state index contributed by atoms with van der Waals surface area (Å²) in [5.41, 5.74) is 0.897. The zero-order chi connectivity index (χ0) is 14.8. The summed E-state index contributed by atoms with van der Waals surface area (Å²) in [6.07, 6.45) is 0. The second-order valence-corrected chi connectivity index (χ2v) is 4.60. The van der Waals surface area contributed by atoms with Gasteiger partial charge in [-0.2, -0.15) is 0 Å². The molecule has 3 rings (SSSR count). The molecular weight excluding hydrogens is 296 g/mol. The van der Waals surface area contributed by atoms with Crippen LogP contribution in [-0.4, -0.2) is 31.3 Å². The van der Waals surface area contributed by atoms with Crippen LogP contribution in [0.4, 0.5) is 5.95 Å². The molecule has 3 aromatic rings. The van der Waals surface area contributed by atoms with E-state index >= 15 is 0 Å². The highest BCUT2D eigenvalue weighted by Gasteiger charge is 2.16. The summed E-state index contributed by atoms with van der Waals surface area (Å²) in [7, 11) is 1.61. The van der Waals surface area contributed by atoms with E-state index < -0.39 is 5.91 Å². The Morgan fingerprint density at radius 3 is 2.76 bits per heavy atom. The number of rotatable bonds is 3. The van der Waals surface area contributed by atoms with Gasteiger partial charge < -0.3 is 4.52 Å². The second-order valence-electron chi connectivity index (χ2n) is 4.16. The van der Waals surface area contributed by atoms with E-state index in [2.05, 4.69) is 26.0 Å². The van der Waals surface area contributed by atoms with Gasteiger partial charge in [-0.05, 0) is 34.7 Å². The minimum absolute atomic E-state index is 0.128. The molecule has 1 N–H and O–H groups in total. The largest absolute Gasteiger partial charge is 0.355 e. The Kier molecular flexibility index (Phi) is 3.36. The molecule has 8 nitrogen and oxygen atoms in total. The summed E-state index contributed by atoms with van der Waals surface area (Å²) in [5.74, 6) is 0.223. The SMILES string of the molecule is Cn1nnnc1NC(=O)c1cc(-c2ccc(Cl)cc2)on1. The standard InChI is InChI=1S/C12H9ClN6O2/c1-19-12(15-17-18-19)14-11(20)9-6-10(21-16-9)7-2-4-8(13)5-3-7/h2-6H,1H3,(H,14,15,18,20). The van der Waals surface area contributed by atoms with Crippen LogP contribution in [0.15, 0.2) is 34.9 Å². The first-order valence-corrected chi connectivity index (χ1v) is 6.27. The minimum Gasteiger partial charge on any atom is -0.355 e. The average Bonchev–Trinajstić information content (AvgIpc) is 3.10. The molecule has 0 atom stereocenters. The van der Waals surface area contributed by atoms with Crippen LogP contribution in [0.3, 0.4) is 0 Å². The zero-order valence-electron chi connectivity index (χ0n) is 10.8. The lowest BCUT2D eigenvalue weighted by Crippen LogP contribution is -2.15. The molecule has 1 aromatic carbocycles.